The van der Waals surface area contributed by atoms with Gasteiger partial charge in [0.15, 0.2) is 11.4 Å². The summed E-state index contributed by atoms with van der Waals surface area (Å²) < 4.78 is 6.52. The number of azo groups is 1. The lowest BCUT2D eigenvalue weighted by Gasteiger charge is -2.15. The minimum Gasteiger partial charge on any atom is -0.504 e. The van der Waals surface area contributed by atoms with E-state index in [9.17, 15) is 30.1 Å². The molecule has 1 aromatic carbocycles. The van der Waals surface area contributed by atoms with Crippen LogP contribution in [-0.2, 0) is 11.3 Å². The SMILES string of the molecule is C/C=C/Cn1c(OC)c(N=Nc2cc([N+](=O)[O-])cc(NC(C)=O)c2O)c(C)c(C#N)c1=O. The lowest BCUT2D eigenvalue weighted by molar-refractivity contribution is -0.384. The molecule has 0 fully saturated rings. The number of anilines is 1. The van der Waals surface area contributed by atoms with Crippen molar-refractivity contribution in [3.8, 4) is 17.7 Å². The lowest BCUT2D eigenvalue weighted by Crippen LogP contribution is -2.24. The van der Waals surface area contributed by atoms with Crippen molar-refractivity contribution in [3.63, 3.8) is 0 Å². The van der Waals surface area contributed by atoms with Crippen molar-refractivity contribution in [1.82, 2.24) is 4.57 Å². The van der Waals surface area contributed by atoms with Crippen LogP contribution in [0.1, 0.15) is 25.0 Å². The number of carbonyl (C=O) groups is 1. The van der Waals surface area contributed by atoms with Gasteiger partial charge in [0.2, 0.25) is 11.8 Å². The number of hydrogen-bond donors (Lipinski definition) is 2. The van der Waals surface area contributed by atoms with E-state index in [0.717, 1.165) is 12.1 Å². The zero-order chi connectivity index (χ0) is 24.0. The number of carbonyl (C=O) groups excluding carboxylic acids is 1. The normalized spacial score (nSPS) is 11.0. The molecule has 12 nitrogen and oxygen atoms in total. The van der Waals surface area contributed by atoms with Crippen LogP contribution >= 0.6 is 0 Å². The van der Waals surface area contributed by atoms with E-state index in [2.05, 4.69) is 15.5 Å². The van der Waals surface area contributed by atoms with Gasteiger partial charge in [-0.05, 0) is 13.8 Å². The minimum atomic E-state index is -0.722. The Morgan fingerprint density at radius 2 is 2.12 bits per heavy atom. The van der Waals surface area contributed by atoms with Gasteiger partial charge in [0, 0.05) is 31.2 Å². The summed E-state index contributed by atoms with van der Waals surface area (Å²) in [6.07, 6.45) is 3.39. The minimum absolute atomic E-state index is 0.0142. The Labute approximate surface area is 182 Å². The van der Waals surface area contributed by atoms with Crippen molar-refractivity contribution in [1.29, 1.82) is 5.26 Å². The number of phenolic OH excluding ortho intramolecular Hbond substituents is 1. The number of nitro groups is 1. The Bertz CT molecular complexity index is 1240. The van der Waals surface area contributed by atoms with Crippen molar-refractivity contribution < 1.29 is 19.6 Å². The average molecular weight is 440 g/mol. The second kappa shape index (κ2) is 9.98. The zero-order valence-electron chi connectivity index (χ0n) is 17.7. The number of amides is 1. The highest BCUT2D eigenvalue weighted by Gasteiger charge is 2.21. The second-order valence-corrected chi connectivity index (χ2v) is 6.45. The number of benzene rings is 1. The number of phenols is 1. The standard InChI is InChI=1S/C20H20N6O6/c1-5-6-7-25-19(29)14(10-21)11(2)17(20(25)32-4)24-23-16-9-13(26(30)31)8-15(18(16)28)22-12(3)27/h5-6,8-9,28H,7H2,1-4H3,(H,22,27)/b6-5+,24-23?. The molecule has 1 heterocycles. The zero-order valence-corrected chi connectivity index (χ0v) is 17.7. The van der Waals surface area contributed by atoms with Gasteiger partial charge >= 0.3 is 0 Å². The molecule has 2 aromatic rings. The summed E-state index contributed by atoms with van der Waals surface area (Å²) in [6, 6.07) is 3.78. The number of rotatable bonds is 7. The number of hydrogen-bond acceptors (Lipinski definition) is 9. The molecular formula is C20H20N6O6. The topological polar surface area (TPSA) is 172 Å². The second-order valence-electron chi connectivity index (χ2n) is 6.45. The monoisotopic (exact) mass is 440 g/mol. The Hall–Kier alpha value is -4.53. The molecule has 0 aliphatic rings. The fourth-order valence-electron chi connectivity index (χ4n) is 2.80. The Kier molecular flexibility index (Phi) is 7.41. The van der Waals surface area contributed by atoms with Crippen molar-refractivity contribution in [3.05, 3.63) is 55.9 Å². The Morgan fingerprint density at radius 3 is 2.66 bits per heavy atom. The number of aromatic hydroxyl groups is 1. The third-order valence-corrected chi connectivity index (χ3v) is 4.32. The van der Waals surface area contributed by atoms with Crippen LogP contribution in [0.3, 0.4) is 0 Å². The van der Waals surface area contributed by atoms with Gasteiger partial charge < -0.3 is 15.2 Å². The van der Waals surface area contributed by atoms with Crippen LogP contribution in [0.5, 0.6) is 11.6 Å². The molecule has 0 aliphatic carbocycles. The van der Waals surface area contributed by atoms with Crippen LogP contribution in [0.15, 0.2) is 39.3 Å². The first-order valence-corrected chi connectivity index (χ1v) is 9.19. The van der Waals surface area contributed by atoms with Gasteiger partial charge in [0.05, 0.1) is 17.7 Å². The molecule has 1 aromatic heterocycles. The van der Waals surface area contributed by atoms with E-state index in [0.29, 0.717) is 0 Å². The predicted octanol–water partition coefficient (Wildman–Crippen LogP) is 3.60. The predicted molar refractivity (Wildman–Crippen MR) is 115 cm³/mol. The molecule has 0 radical (unpaired) electrons. The van der Waals surface area contributed by atoms with Gasteiger partial charge in [0.1, 0.15) is 17.3 Å². The Morgan fingerprint density at radius 1 is 1.44 bits per heavy atom. The summed E-state index contributed by atoms with van der Waals surface area (Å²) in [6.45, 7) is 4.51. The Balaban J connectivity index is 2.76. The summed E-state index contributed by atoms with van der Waals surface area (Å²) in [4.78, 5) is 34.5. The third-order valence-electron chi connectivity index (χ3n) is 4.32. The third kappa shape index (κ3) is 4.78. The number of methoxy groups -OCH3 is 1. The van der Waals surface area contributed by atoms with Crippen LogP contribution < -0.4 is 15.6 Å². The molecule has 166 valence electrons. The van der Waals surface area contributed by atoms with Crippen LogP contribution in [-0.4, -0.2) is 27.6 Å². The maximum absolute atomic E-state index is 12.7. The number of non-ortho nitro benzene ring substituents is 1. The molecule has 0 saturated heterocycles. The van der Waals surface area contributed by atoms with Crippen molar-refractivity contribution in [2.24, 2.45) is 10.2 Å². The van der Waals surface area contributed by atoms with Gasteiger partial charge in [-0.15, -0.1) is 10.2 Å². The number of aromatic nitrogens is 1. The first kappa shape index (κ1) is 23.7. The van der Waals surface area contributed by atoms with Crippen molar-refractivity contribution >= 4 is 28.7 Å². The van der Waals surface area contributed by atoms with Crippen LogP contribution in [0.2, 0.25) is 0 Å². The maximum atomic E-state index is 12.7. The quantitative estimate of drug-likeness (QED) is 0.217. The van der Waals surface area contributed by atoms with E-state index < -0.39 is 27.8 Å². The maximum Gasteiger partial charge on any atom is 0.274 e. The molecule has 0 saturated carbocycles. The number of nitriles is 1. The largest absolute Gasteiger partial charge is 0.504 e. The molecule has 1 amide bonds. The molecule has 0 unspecified atom stereocenters. The van der Waals surface area contributed by atoms with E-state index in [-0.39, 0.29) is 40.6 Å². The van der Waals surface area contributed by atoms with E-state index in [1.54, 1.807) is 19.1 Å². The fourth-order valence-corrected chi connectivity index (χ4v) is 2.80. The molecule has 0 bridgehead atoms. The first-order valence-electron chi connectivity index (χ1n) is 9.19. The van der Waals surface area contributed by atoms with Gasteiger partial charge in [-0.1, -0.05) is 12.2 Å². The molecule has 0 atom stereocenters. The van der Waals surface area contributed by atoms with Crippen LogP contribution in [0, 0.1) is 28.4 Å². The van der Waals surface area contributed by atoms with Crippen molar-refractivity contribution in [2.45, 2.75) is 27.3 Å². The summed E-state index contributed by atoms with van der Waals surface area (Å²) in [5.41, 5.74) is -1.52. The van der Waals surface area contributed by atoms with E-state index >= 15 is 0 Å². The van der Waals surface area contributed by atoms with Gasteiger partial charge in [0.25, 0.3) is 11.2 Å². The molecule has 2 rings (SSSR count). The smallest absolute Gasteiger partial charge is 0.274 e. The van der Waals surface area contributed by atoms with E-state index in [1.165, 1.54) is 25.5 Å². The van der Waals surface area contributed by atoms with E-state index in [4.69, 9.17) is 4.74 Å². The fraction of sp³-hybridized carbons (Fsp3) is 0.250. The molecular weight excluding hydrogens is 420 g/mol. The number of nitrogens with zero attached hydrogens (tertiary/aromatic N) is 5. The summed E-state index contributed by atoms with van der Waals surface area (Å²) in [5.74, 6) is -1.09. The lowest BCUT2D eigenvalue weighted by atomic mass is 10.1. The number of allylic oxidation sites excluding steroid dienone is 2. The van der Waals surface area contributed by atoms with E-state index in [1.807, 2.05) is 6.07 Å². The molecule has 2 N–H and O–H groups in total. The highest BCUT2D eigenvalue weighted by molar-refractivity contribution is 5.92. The first-order chi connectivity index (χ1) is 15.2. The summed E-state index contributed by atoms with van der Waals surface area (Å²) in [5, 5.41) is 41.2. The molecule has 0 aliphatic heterocycles. The van der Waals surface area contributed by atoms with Crippen LogP contribution in [0.25, 0.3) is 0 Å². The molecule has 0 spiro atoms. The summed E-state index contributed by atoms with van der Waals surface area (Å²) in [7, 11) is 1.31. The number of nitro benzene ring substituents is 1. The van der Waals surface area contributed by atoms with Gasteiger partial charge in [-0.2, -0.15) is 5.26 Å². The average Bonchev–Trinajstić information content (AvgIpc) is 2.74. The molecule has 32 heavy (non-hydrogen) atoms. The van der Waals surface area contributed by atoms with Gasteiger partial charge in [-0.25, -0.2) is 0 Å². The highest BCUT2D eigenvalue weighted by atomic mass is 16.6. The number of pyridine rings is 1. The number of nitrogens with one attached hydrogen (secondary N) is 1. The van der Waals surface area contributed by atoms with Gasteiger partial charge in [-0.3, -0.25) is 24.3 Å². The number of ether oxygens (including phenoxy) is 1. The van der Waals surface area contributed by atoms with Crippen LogP contribution in [0.4, 0.5) is 22.7 Å². The van der Waals surface area contributed by atoms with Crippen molar-refractivity contribution in [2.75, 3.05) is 12.4 Å². The summed E-state index contributed by atoms with van der Waals surface area (Å²) >= 11 is 0. The molecule has 12 heteroatoms. The highest BCUT2D eigenvalue weighted by Crippen LogP contribution is 2.40.